The second-order valence-electron chi connectivity index (χ2n) is 4.93. The number of ether oxygens (including phenoxy) is 2. The van der Waals surface area contributed by atoms with Crippen LogP contribution in [0.2, 0.25) is 0 Å². The first-order chi connectivity index (χ1) is 11.5. The molecule has 0 bridgehead atoms. The highest BCUT2D eigenvalue weighted by Gasteiger charge is 2.21. The summed E-state index contributed by atoms with van der Waals surface area (Å²) in [5.41, 5.74) is 0.422. The van der Waals surface area contributed by atoms with Crippen LogP contribution < -0.4 is 5.32 Å². The lowest BCUT2D eigenvalue weighted by Gasteiger charge is -2.14. The second kappa shape index (κ2) is 10.0. The number of nitrogens with one attached hydrogen (secondary N) is 1. The Bertz CT molecular complexity index is 624. The molecule has 1 N–H and O–H groups in total. The standard InChI is InChI=1S/C16H21N3O5/c1-4-5-6-7-14(20)18-12-10-17-19(11-12)13(8-15(21)23-2)9-16(22)24-3/h10-11,13H,4-5,8-9H2,1-3H3,(H,18,20). The van der Waals surface area contributed by atoms with E-state index in [2.05, 4.69) is 31.7 Å². The van der Waals surface area contributed by atoms with Crippen molar-refractivity contribution >= 4 is 23.5 Å². The molecule has 1 amide bonds. The highest BCUT2D eigenvalue weighted by atomic mass is 16.5. The smallest absolute Gasteiger partial charge is 0.307 e. The van der Waals surface area contributed by atoms with E-state index in [4.69, 9.17) is 0 Å². The molecule has 0 aliphatic rings. The zero-order valence-electron chi connectivity index (χ0n) is 14.0. The van der Waals surface area contributed by atoms with Crippen LogP contribution in [0.4, 0.5) is 5.69 Å². The van der Waals surface area contributed by atoms with E-state index in [0.29, 0.717) is 12.1 Å². The molecule has 8 heteroatoms. The molecule has 1 rings (SSSR count). The highest BCUT2D eigenvalue weighted by molar-refractivity contribution is 6.03. The van der Waals surface area contributed by atoms with Crippen molar-refractivity contribution in [2.45, 2.75) is 38.6 Å². The molecule has 130 valence electrons. The largest absolute Gasteiger partial charge is 0.469 e. The summed E-state index contributed by atoms with van der Waals surface area (Å²) in [5, 5.41) is 6.66. The molecule has 0 fully saturated rings. The summed E-state index contributed by atoms with van der Waals surface area (Å²) in [6.07, 6.45) is 4.37. The van der Waals surface area contributed by atoms with Crippen LogP contribution in [0, 0.1) is 11.8 Å². The zero-order chi connectivity index (χ0) is 17.9. The fourth-order valence-electron chi connectivity index (χ4n) is 1.84. The zero-order valence-corrected chi connectivity index (χ0v) is 14.0. The third-order valence-corrected chi connectivity index (χ3v) is 3.07. The molecule has 1 heterocycles. The SMILES string of the molecule is CCCC#CC(=O)Nc1cnn(C(CC(=O)OC)CC(=O)OC)c1. The minimum Gasteiger partial charge on any atom is -0.469 e. The number of rotatable bonds is 7. The van der Waals surface area contributed by atoms with E-state index in [1.165, 1.54) is 31.3 Å². The van der Waals surface area contributed by atoms with Gasteiger partial charge in [-0.1, -0.05) is 12.8 Å². The fourth-order valence-corrected chi connectivity index (χ4v) is 1.84. The number of carbonyl (C=O) groups excluding carboxylic acids is 3. The number of anilines is 1. The second-order valence-corrected chi connectivity index (χ2v) is 4.93. The highest BCUT2D eigenvalue weighted by Crippen LogP contribution is 2.19. The van der Waals surface area contributed by atoms with Crippen molar-refractivity contribution < 1.29 is 23.9 Å². The van der Waals surface area contributed by atoms with Gasteiger partial charge in [-0.05, 0) is 12.3 Å². The minimum atomic E-state index is -0.568. The first-order valence-electron chi connectivity index (χ1n) is 7.47. The number of methoxy groups -OCH3 is 2. The van der Waals surface area contributed by atoms with Gasteiger partial charge in [0.1, 0.15) is 0 Å². The van der Waals surface area contributed by atoms with Gasteiger partial charge in [-0.25, -0.2) is 0 Å². The van der Waals surface area contributed by atoms with Crippen LogP contribution >= 0.6 is 0 Å². The van der Waals surface area contributed by atoms with Crippen LogP contribution in [-0.2, 0) is 23.9 Å². The predicted molar refractivity (Wildman–Crippen MR) is 85.8 cm³/mol. The first kappa shape index (κ1) is 19.2. The van der Waals surface area contributed by atoms with Crippen LogP contribution in [0.15, 0.2) is 12.4 Å². The Hall–Kier alpha value is -2.82. The molecule has 0 aliphatic carbocycles. The van der Waals surface area contributed by atoms with E-state index in [0.717, 1.165) is 6.42 Å². The maximum atomic E-state index is 11.6. The van der Waals surface area contributed by atoms with Crippen molar-refractivity contribution in [3.8, 4) is 11.8 Å². The summed E-state index contributed by atoms with van der Waals surface area (Å²) in [6, 6.07) is -0.568. The van der Waals surface area contributed by atoms with Gasteiger partial charge in [-0.2, -0.15) is 5.10 Å². The quantitative estimate of drug-likeness (QED) is 0.595. The van der Waals surface area contributed by atoms with Crippen molar-refractivity contribution in [3.63, 3.8) is 0 Å². The Labute approximate surface area is 140 Å². The van der Waals surface area contributed by atoms with Crippen LogP contribution in [0.25, 0.3) is 0 Å². The van der Waals surface area contributed by atoms with Crippen LogP contribution in [0.5, 0.6) is 0 Å². The van der Waals surface area contributed by atoms with Crippen LogP contribution in [-0.4, -0.2) is 41.8 Å². The van der Waals surface area contributed by atoms with Crippen molar-refractivity contribution in [2.75, 3.05) is 19.5 Å². The number of hydrogen-bond donors (Lipinski definition) is 1. The number of unbranched alkanes of at least 4 members (excludes halogenated alkanes) is 1. The molecular weight excluding hydrogens is 314 g/mol. The van der Waals surface area contributed by atoms with Crippen LogP contribution in [0.3, 0.4) is 0 Å². The predicted octanol–water partition coefficient (Wildman–Crippen LogP) is 1.29. The Morgan fingerprint density at radius 1 is 1.25 bits per heavy atom. The lowest BCUT2D eigenvalue weighted by molar-refractivity contribution is -0.144. The van der Waals surface area contributed by atoms with Gasteiger partial charge < -0.3 is 14.8 Å². The van der Waals surface area contributed by atoms with E-state index >= 15 is 0 Å². The summed E-state index contributed by atoms with van der Waals surface area (Å²) < 4.78 is 10.7. The average Bonchev–Trinajstić information content (AvgIpc) is 3.02. The van der Waals surface area contributed by atoms with Crippen molar-refractivity contribution in [1.82, 2.24) is 9.78 Å². The van der Waals surface area contributed by atoms with Gasteiger partial charge in [0.25, 0.3) is 5.91 Å². The van der Waals surface area contributed by atoms with E-state index in [-0.39, 0.29) is 12.8 Å². The van der Waals surface area contributed by atoms with E-state index in [9.17, 15) is 14.4 Å². The lowest BCUT2D eigenvalue weighted by Crippen LogP contribution is -2.19. The summed E-state index contributed by atoms with van der Waals surface area (Å²) in [5.74, 6) is 3.81. The molecule has 0 aromatic carbocycles. The number of hydrogen-bond acceptors (Lipinski definition) is 6. The van der Waals surface area contributed by atoms with E-state index < -0.39 is 23.9 Å². The molecule has 0 saturated carbocycles. The molecular formula is C16H21N3O5. The van der Waals surface area contributed by atoms with E-state index in [1.54, 1.807) is 0 Å². The third kappa shape index (κ3) is 6.52. The van der Waals surface area contributed by atoms with Gasteiger partial charge in [0.15, 0.2) is 0 Å². The van der Waals surface area contributed by atoms with Gasteiger partial charge in [-0.3, -0.25) is 19.1 Å². The topological polar surface area (TPSA) is 99.5 Å². The lowest BCUT2D eigenvalue weighted by atomic mass is 10.1. The van der Waals surface area contributed by atoms with Crippen molar-refractivity contribution in [3.05, 3.63) is 12.4 Å². The molecule has 8 nitrogen and oxygen atoms in total. The van der Waals surface area contributed by atoms with E-state index in [1.807, 2.05) is 6.92 Å². The van der Waals surface area contributed by atoms with Gasteiger partial charge >= 0.3 is 11.9 Å². The Morgan fingerprint density at radius 2 is 1.88 bits per heavy atom. The molecule has 0 saturated heterocycles. The first-order valence-corrected chi connectivity index (χ1v) is 7.47. The Balaban J connectivity index is 2.80. The Morgan fingerprint density at radius 3 is 2.42 bits per heavy atom. The molecule has 0 unspecified atom stereocenters. The molecule has 0 radical (unpaired) electrons. The van der Waals surface area contributed by atoms with Crippen LogP contribution in [0.1, 0.15) is 38.6 Å². The fraction of sp³-hybridized carbons (Fsp3) is 0.500. The maximum absolute atomic E-state index is 11.6. The number of nitrogens with zero attached hydrogens (tertiary/aromatic N) is 2. The van der Waals surface area contributed by atoms with Gasteiger partial charge in [0.2, 0.25) is 0 Å². The van der Waals surface area contributed by atoms with Crippen molar-refractivity contribution in [2.24, 2.45) is 0 Å². The van der Waals surface area contributed by atoms with Gasteiger partial charge in [0, 0.05) is 12.6 Å². The number of aromatic nitrogens is 2. The summed E-state index contributed by atoms with van der Waals surface area (Å²) in [4.78, 5) is 34.6. The van der Waals surface area contributed by atoms with Crippen molar-refractivity contribution in [1.29, 1.82) is 0 Å². The molecule has 0 aliphatic heterocycles. The molecule has 24 heavy (non-hydrogen) atoms. The number of esters is 2. The summed E-state index contributed by atoms with van der Waals surface area (Å²) in [6.45, 7) is 1.97. The van der Waals surface area contributed by atoms with Gasteiger partial charge in [-0.15, -0.1) is 0 Å². The molecule has 0 atom stereocenters. The average molecular weight is 335 g/mol. The third-order valence-electron chi connectivity index (χ3n) is 3.07. The molecule has 1 aromatic rings. The molecule has 0 spiro atoms. The minimum absolute atomic E-state index is 0.0447. The Kier molecular flexibility index (Phi) is 8.05. The normalized spacial score (nSPS) is 9.83. The summed E-state index contributed by atoms with van der Waals surface area (Å²) >= 11 is 0. The maximum Gasteiger partial charge on any atom is 0.307 e. The number of carbonyl (C=O) groups is 3. The summed E-state index contributed by atoms with van der Waals surface area (Å²) in [7, 11) is 2.53. The monoisotopic (exact) mass is 335 g/mol. The van der Waals surface area contributed by atoms with Gasteiger partial charge in [0.05, 0.1) is 45.0 Å². The molecule has 1 aromatic heterocycles. The number of amides is 1.